The smallest absolute Gasteiger partial charge is 0.308 e. The molecular weight excluding hydrogens is 695 g/mol. The van der Waals surface area contributed by atoms with Crippen molar-refractivity contribution in [2.45, 2.75) is 96.0 Å². The maximum absolute atomic E-state index is 14.0. The van der Waals surface area contributed by atoms with Crippen molar-refractivity contribution in [1.82, 2.24) is 25.8 Å². The summed E-state index contributed by atoms with van der Waals surface area (Å²) in [5, 5.41) is 22.6. The number of methoxy groups -OCH3 is 2. The maximum Gasteiger partial charge on any atom is 0.308 e. The SMILES string of the molecule is CC[C@H](C)[C@H](NC(=O)C1CCCCN1C)C(=O)N[C@H](C[C@@H](O)c1nc(C(=O)N[C@@H](Cc2ccccc2)C[C@H](C)C(=O)OC)cs1)c1ccc(OC)cc1. The minimum absolute atomic E-state index is 0.0620. The summed E-state index contributed by atoms with van der Waals surface area (Å²) in [5.74, 6) is -1.22. The highest BCUT2D eigenvalue weighted by Gasteiger charge is 2.34. The monoisotopic (exact) mass is 749 g/mol. The molecule has 7 atom stereocenters. The molecule has 13 heteroatoms. The summed E-state index contributed by atoms with van der Waals surface area (Å²) in [4.78, 5) is 59.6. The van der Waals surface area contributed by atoms with E-state index in [1.807, 2.05) is 68.3 Å². The molecule has 288 valence electrons. The third-order valence-corrected chi connectivity index (χ3v) is 11.0. The van der Waals surface area contributed by atoms with Gasteiger partial charge in [0.15, 0.2) is 0 Å². The summed E-state index contributed by atoms with van der Waals surface area (Å²) in [6.07, 6.45) is 3.23. The van der Waals surface area contributed by atoms with E-state index >= 15 is 0 Å². The number of aliphatic hydroxyl groups is 1. The molecule has 3 amide bonds. The van der Waals surface area contributed by atoms with Crippen molar-refractivity contribution in [2.24, 2.45) is 11.8 Å². The molecule has 1 saturated heterocycles. The van der Waals surface area contributed by atoms with Crippen LogP contribution in [0.3, 0.4) is 0 Å². The fourth-order valence-electron chi connectivity index (χ4n) is 6.68. The molecule has 3 aromatic rings. The molecule has 0 bridgehead atoms. The van der Waals surface area contributed by atoms with Crippen molar-refractivity contribution in [3.63, 3.8) is 0 Å². The molecule has 0 aliphatic carbocycles. The summed E-state index contributed by atoms with van der Waals surface area (Å²) in [6.45, 7) is 6.52. The van der Waals surface area contributed by atoms with Crippen LogP contribution in [0.2, 0.25) is 0 Å². The van der Waals surface area contributed by atoms with E-state index in [4.69, 9.17) is 9.47 Å². The van der Waals surface area contributed by atoms with Gasteiger partial charge in [0, 0.05) is 17.8 Å². The maximum atomic E-state index is 14.0. The number of thiazole rings is 1. The van der Waals surface area contributed by atoms with Crippen LogP contribution in [0.25, 0.3) is 0 Å². The number of carbonyl (C=O) groups excluding carboxylic acids is 4. The summed E-state index contributed by atoms with van der Waals surface area (Å²) in [5.41, 5.74) is 1.88. The number of likely N-dealkylation sites (N-methyl/N-ethyl adjacent to an activating group) is 1. The summed E-state index contributed by atoms with van der Waals surface area (Å²) in [6, 6.07) is 14.8. The number of piperidine rings is 1. The van der Waals surface area contributed by atoms with Crippen LogP contribution in [-0.4, -0.2) is 84.6 Å². The van der Waals surface area contributed by atoms with E-state index in [-0.39, 0.29) is 47.9 Å². The van der Waals surface area contributed by atoms with Crippen molar-refractivity contribution in [2.75, 3.05) is 27.8 Å². The van der Waals surface area contributed by atoms with Crippen molar-refractivity contribution >= 4 is 35.0 Å². The van der Waals surface area contributed by atoms with Gasteiger partial charge in [0.2, 0.25) is 11.8 Å². The number of nitrogens with zero attached hydrogens (tertiary/aromatic N) is 2. The van der Waals surface area contributed by atoms with E-state index in [0.717, 1.165) is 48.3 Å². The molecule has 4 rings (SSSR count). The van der Waals surface area contributed by atoms with Gasteiger partial charge < -0.3 is 30.5 Å². The van der Waals surface area contributed by atoms with E-state index in [1.54, 1.807) is 31.5 Å². The van der Waals surface area contributed by atoms with Gasteiger partial charge in [-0.1, -0.05) is 76.1 Å². The molecule has 2 heterocycles. The molecule has 1 aliphatic rings. The second-order valence-electron chi connectivity index (χ2n) is 14.0. The number of aromatic nitrogens is 1. The first kappa shape index (κ1) is 41.4. The lowest BCUT2D eigenvalue weighted by molar-refractivity contribution is -0.145. The molecule has 4 N–H and O–H groups in total. The largest absolute Gasteiger partial charge is 0.497 e. The van der Waals surface area contributed by atoms with Gasteiger partial charge in [-0.05, 0) is 68.5 Å². The topological polar surface area (TPSA) is 159 Å². The number of carbonyl (C=O) groups is 4. The van der Waals surface area contributed by atoms with Crippen LogP contribution >= 0.6 is 11.3 Å². The lowest BCUT2D eigenvalue weighted by atomic mass is 9.95. The van der Waals surface area contributed by atoms with Gasteiger partial charge in [-0.25, -0.2) is 4.98 Å². The second kappa shape index (κ2) is 20.2. The first-order valence-corrected chi connectivity index (χ1v) is 19.3. The molecule has 53 heavy (non-hydrogen) atoms. The van der Waals surface area contributed by atoms with E-state index in [9.17, 15) is 24.3 Å². The normalized spacial score (nSPS) is 18.1. The molecule has 0 saturated carbocycles. The molecule has 1 unspecified atom stereocenters. The Morgan fingerprint density at radius 2 is 1.70 bits per heavy atom. The Bertz CT molecular complexity index is 1640. The zero-order valence-corrected chi connectivity index (χ0v) is 32.5. The van der Waals surface area contributed by atoms with E-state index in [2.05, 4.69) is 20.9 Å². The number of amides is 3. The van der Waals surface area contributed by atoms with Gasteiger partial charge in [-0.3, -0.25) is 24.1 Å². The Hall–Kier alpha value is -4.33. The van der Waals surface area contributed by atoms with Crippen molar-refractivity contribution in [3.8, 4) is 5.75 Å². The van der Waals surface area contributed by atoms with Crippen molar-refractivity contribution in [1.29, 1.82) is 0 Å². The third kappa shape index (κ3) is 11.8. The predicted octanol–water partition coefficient (Wildman–Crippen LogP) is 4.99. The van der Waals surface area contributed by atoms with Gasteiger partial charge in [-0.2, -0.15) is 0 Å². The fraction of sp³-hybridized carbons (Fsp3) is 0.525. The molecule has 1 fully saturated rings. The zero-order valence-electron chi connectivity index (χ0n) is 31.7. The molecular formula is C40H55N5O7S. The first-order valence-electron chi connectivity index (χ1n) is 18.4. The standard InChI is InChI=1S/C40H55N5O7S/c1-7-25(2)35(44-37(48)33-15-11-12-20-45(33)4)38(49)42-31(28-16-18-30(51-5)19-17-28)23-34(46)39-43-32(24-53-39)36(47)41-29(21-26(3)40(50)52-6)22-27-13-9-8-10-14-27/h8-10,13-14,16-19,24-26,29,31,33-35,46H,7,11-12,15,20-23H2,1-6H3,(H,41,47)(H,42,49)(H,44,48)/t25-,26-,29+,31+,33?,34+,35-/m0/s1. The number of benzene rings is 2. The lowest BCUT2D eigenvalue weighted by Crippen LogP contribution is -2.56. The van der Waals surface area contributed by atoms with Gasteiger partial charge in [0.25, 0.3) is 5.91 Å². The van der Waals surface area contributed by atoms with Gasteiger partial charge in [0.1, 0.15) is 28.6 Å². The van der Waals surface area contributed by atoms with E-state index in [1.165, 1.54) is 7.11 Å². The Balaban J connectivity index is 1.50. The third-order valence-electron chi connectivity index (χ3n) is 10.1. The van der Waals surface area contributed by atoms with E-state index in [0.29, 0.717) is 30.0 Å². The molecule has 0 radical (unpaired) electrons. The van der Waals surface area contributed by atoms with Crippen LogP contribution in [0.15, 0.2) is 60.0 Å². The van der Waals surface area contributed by atoms with Crippen LogP contribution in [0.4, 0.5) is 0 Å². The van der Waals surface area contributed by atoms with Crippen LogP contribution < -0.4 is 20.7 Å². The number of likely N-dealkylation sites (tertiary alicyclic amines) is 1. The molecule has 1 aliphatic heterocycles. The zero-order chi connectivity index (χ0) is 38.5. The van der Waals surface area contributed by atoms with Crippen LogP contribution in [0, 0.1) is 11.8 Å². The van der Waals surface area contributed by atoms with Gasteiger partial charge >= 0.3 is 5.97 Å². The fourth-order valence-corrected chi connectivity index (χ4v) is 7.47. The summed E-state index contributed by atoms with van der Waals surface area (Å²) >= 11 is 1.15. The number of aliphatic hydroxyl groups excluding tert-OH is 1. The minimum atomic E-state index is -1.12. The molecule has 12 nitrogen and oxygen atoms in total. The lowest BCUT2D eigenvalue weighted by Gasteiger charge is -2.34. The van der Waals surface area contributed by atoms with E-state index < -0.39 is 30.0 Å². The highest BCUT2D eigenvalue weighted by Crippen LogP contribution is 2.30. The van der Waals surface area contributed by atoms with Gasteiger partial charge in [-0.15, -0.1) is 11.3 Å². The van der Waals surface area contributed by atoms with Crippen molar-refractivity contribution < 1.29 is 33.8 Å². The van der Waals surface area contributed by atoms with Crippen LogP contribution in [0.5, 0.6) is 5.75 Å². The number of hydrogen-bond acceptors (Lipinski definition) is 10. The first-order chi connectivity index (χ1) is 25.4. The average Bonchev–Trinajstić information content (AvgIpc) is 3.67. The quantitative estimate of drug-likeness (QED) is 0.132. The van der Waals surface area contributed by atoms with Gasteiger partial charge in [0.05, 0.1) is 32.2 Å². The molecule has 0 spiro atoms. The highest BCUT2D eigenvalue weighted by atomic mass is 32.1. The number of rotatable bonds is 18. The number of ether oxygens (including phenoxy) is 2. The predicted molar refractivity (Wildman–Crippen MR) is 204 cm³/mol. The Morgan fingerprint density at radius 3 is 2.34 bits per heavy atom. The highest BCUT2D eigenvalue weighted by molar-refractivity contribution is 7.09. The Kier molecular flexibility index (Phi) is 15.8. The van der Waals surface area contributed by atoms with Crippen molar-refractivity contribution in [3.05, 3.63) is 81.8 Å². The molecule has 1 aromatic heterocycles. The number of nitrogens with one attached hydrogen (secondary N) is 3. The number of hydrogen-bond donors (Lipinski definition) is 4. The average molecular weight is 750 g/mol. The van der Waals surface area contributed by atoms with Crippen LogP contribution in [-0.2, 0) is 25.5 Å². The summed E-state index contributed by atoms with van der Waals surface area (Å²) in [7, 11) is 4.85. The second-order valence-corrected chi connectivity index (χ2v) is 14.9. The number of esters is 1. The van der Waals surface area contributed by atoms with Crippen LogP contribution in [0.1, 0.15) is 98.1 Å². The minimum Gasteiger partial charge on any atom is -0.497 e. The Morgan fingerprint density at radius 1 is 0.981 bits per heavy atom. The summed E-state index contributed by atoms with van der Waals surface area (Å²) < 4.78 is 10.3. The Labute approximate surface area is 317 Å². The molecule has 2 aromatic carbocycles.